The van der Waals surface area contributed by atoms with Crippen molar-refractivity contribution >= 4 is 57.6 Å². The first kappa shape index (κ1) is 33.9. The zero-order chi connectivity index (χ0) is 33.5. The van der Waals surface area contributed by atoms with Gasteiger partial charge in [0, 0.05) is 5.56 Å². The van der Waals surface area contributed by atoms with E-state index in [0.717, 1.165) is 5.56 Å². The summed E-state index contributed by atoms with van der Waals surface area (Å²) in [5.41, 5.74) is 2.48. The van der Waals surface area contributed by atoms with Gasteiger partial charge in [-0.15, -0.1) is 0 Å². The average Bonchev–Trinajstić information content (AvgIpc) is 3.38. The monoisotopic (exact) mass is 768 g/mol. The van der Waals surface area contributed by atoms with Crippen molar-refractivity contribution in [3.05, 3.63) is 112 Å². The highest BCUT2D eigenvalue weighted by Gasteiger charge is 2.35. The molecular formula is C35H33IN2O8S. The standard InChI is InChI=1S/C35H33IN2O8S/c1-5-43-24-15-13-23(14-16-24)31-29(34(41)45-7-3)30(22-11-9-8-10-12-22)37-35-38(31)33(40)27(47-35)19-21-17-25(36)32(26(18-21)42-4)46-20-28(39)44-6-2/h8-19,31H,5-7,20H2,1-4H3/b27-19-/t31-/m1/s1. The second-order valence-electron chi connectivity index (χ2n) is 10.1. The van der Waals surface area contributed by atoms with Crippen molar-refractivity contribution in [3.63, 3.8) is 0 Å². The van der Waals surface area contributed by atoms with Gasteiger partial charge in [-0.3, -0.25) is 9.36 Å². The summed E-state index contributed by atoms with van der Waals surface area (Å²) in [6, 6.07) is 19.5. The SMILES string of the molecule is CCOC(=O)COc1c(I)cc(/C=c2\sc3n(c2=O)[C@H](c2ccc(OCC)cc2)C(C(=O)OCC)=C(c2ccccc2)N=3)cc1OC. The van der Waals surface area contributed by atoms with E-state index in [4.69, 9.17) is 28.7 Å². The van der Waals surface area contributed by atoms with Crippen molar-refractivity contribution in [1.82, 2.24) is 4.57 Å². The highest BCUT2D eigenvalue weighted by molar-refractivity contribution is 14.1. The van der Waals surface area contributed by atoms with Gasteiger partial charge in [0.25, 0.3) is 5.56 Å². The van der Waals surface area contributed by atoms with Crippen molar-refractivity contribution in [2.75, 3.05) is 33.5 Å². The molecule has 0 N–H and O–H groups in total. The van der Waals surface area contributed by atoms with Gasteiger partial charge in [-0.05, 0) is 84.8 Å². The second kappa shape index (κ2) is 15.4. The number of carbonyl (C=O) groups is 2. The maximum Gasteiger partial charge on any atom is 0.344 e. The van der Waals surface area contributed by atoms with Crippen LogP contribution in [0.4, 0.5) is 0 Å². The third kappa shape index (κ3) is 7.43. The van der Waals surface area contributed by atoms with Crippen molar-refractivity contribution < 1.29 is 33.3 Å². The number of esters is 2. The minimum Gasteiger partial charge on any atom is -0.494 e. The van der Waals surface area contributed by atoms with Crippen LogP contribution >= 0.6 is 33.9 Å². The lowest BCUT2D eigenvalue weighted by Gasteiger charge is -2.26. The van der Waals surface area contributed by atoms with E-state index in [9.17, 15) is 14.4 Å². The average molecular weight is 769 g/mol. The summed E-state index contributed by atoms with van der Waals surface area (Å²) in [6.07, 6.45) is 1.75. The van der Waals surface area contributed by atoms with E-state index in [1.165, 1.54) is 18.4 Å². The molecule has 5 rings (SSSR count). The molecule has 4 aromatic rings. The second-order valence-corrected chi connectivity index (χ2v) is 12.2. The summed E-state index contributed by atoms with van der Waals surface area (Å²) in [7, 11) is 1.50. The zero-order valence-corrected chi connectivity index (χ0v) is 29.3. The lowest BCUT2D eigenvalue weighted by atomic mass is 9.93. The molecule has 1 aliphatic rings. The maximum absolute atomic E-state index is 14.3. The lowest BCUT2D eigenvalue weighted by molar-refractivity contribution is -0.145. The highest BCUT2D eigenvalue weighted by atomic mass is 127. The van der Waals surface area contributed by atoms with Crippen LogP contribution in [0.25, 0.3) is 11.8 Å². The first-order chi connectivity index (χ1) is 22.8. The number of carbonyl (C=O) groups excluding carboxylic acids is 2. The van der Waals surface area contributed by atoms with Gasteiger partial charge in [-0.2, -0.15) is 0 Å². The van der Waals surface area contributed by atoms with Crippen molar-refractivity contribution in [1.29, 1.82) is 0 Å². The Morgan fingerprint density at radius 3 is 2.34 bits per heavy atom. The molecule has 3 aromatic carbocycles. The number of thiazole rings is 1. The number of halogens is 1. The summed E-state index contributed by atoms with van der Waals surface area (Å²) in [5, 5.41) is 0. The van der Waals surface area contributed by atoms with E-state index in [1.54, 1.807) is 30.6 Å². The van der Waals surface area contributed by atoms with E-state index in [2.05, 4.69) is 22.6 Å². The Balaban J connectivity index is 1.69. The van der Waals surface area contributed by atoms with E-state index < -0.39 is 18.0 Å². The fourth-order valence-corrected chi connectivity index (χ4v) is 6.90. The van der Waals surface area contributed by atoms with Crippen LogP contribution in [0, 0.1) is 3.57 Å². The number of benzene rings is 3. The Labute approximate surface area is 289 Å². The molecule has 0 saturated carbocycles. The Kier molecular flexibility index (Phi) is 11.1. The quantitative estimate of drug-likeness (QED) is 0.148. The molecular weight excluding hydrogens is 735 g/mol. The Hall–Kier alpha value is -4.43. The molecule has 47 heavy (non-hydrogen) atoms. The molecule has 0 unspecified atom stereocenters. The number of hydrogen-bond donors (Lipinski definition) is 0. The van der Waals surface area contributed by atoms with Crippen LogP contribution in [0.3, 0.4) is 0 Å². The molecule has 0 fully saturated rings. The first-order valence-corrected chi connectivity index (χ1v) is 16.9. The molecule has 1 aliphatic heterocycles. The Morgan fingerprint density at radius 2 is 1.68 bits per heavy atom. The number of fused-ring (bicyclic) bond motifs is 1. The molecule has 0 saturated heterocycles. The van der Waals surface area contributed by atoms with Gasteiger partial charge in [0.2, 0.25) is 0 Å². The molecule has 0 bridgehead atoms. The summed E-state index contributed by atoms with van der Waals surface area (Å²) in [5.74, 6) is 0.410. The van der Waals surface area contributed by atoms with Gasteiger partial charge in [-0.1, -0.05) is 53.8 Å². The molecule has 0 spiro atoms. The van der Waals surface area contributed by atoms with Crippen LogP contribution in [-0.4, -0.2) is 50.0 Å². The van der Waals surface area contributed by atoms with Crippen molar-refractivity contribution in [3.8, 4) is 17.2 Å². The highest BCUT2D eigenvalue weighted by Crippen LogP contribution is 2.36. The molecule has 10 nitrogen and oxygen atoms in total. The molecule has 2 heterocycles. The molecule has 1 aromatic heterocycles. The lowest BCUT2D eigenvalue weighted by Crippen LogP contribution is -2.40. The number of hydrogen-bond acceptors (Lipinski definition) is 10. The normalized spacial score (nSPS) is 14.2. The molecule has 1 atom stereocenters. The summed E-state index contributed by atoms with van der Waals surface area (Å²) < 4.78 is 30.1. The predicted molar refractivity (Wildman–Crippen MR) is 187 cm³/mol. The van der Waals surface area contributed by atoms with Gasteiger partial charge in [0.05, 0.1) is 52.3 Å². The summed E-state index contributed by atoms with van der Waals surface area (Å²) in [4.78, 5) is 45.2. The van der Waals surface area contributed by atoms with Gasteiger partial charge < -0.3 is 23.7 Å². The van der Waals surface area contributed by atoms with E-state index >= 15 is 0 Å². The fourth-order valence-electron chi connectivity index (χ4n) is 5.12. The third-order valence-corrected chi connectivity index (χ3v) is 8.85. The number of nitrogens with zero attached hydrogens (tertiary/aromatic N) is 2. The van der Waals surface area contributed by atoms with Crippen molar-refractivity contribution in [2.45, 2.75) is 26.8 Å². The number of rotatable bonds is 12. The topological polar surface area (TPSA) is 115 Å². The van der Waals surface area contributed by atoms with Gasteiger partial charge >= 0.3 is 11.9 Å². The predicted octanol–water partition coefficient (Wildman–Crippen LogP) is 4.89. The Morgan fingerprint density at radius 1 is 0.957 bits per heavy atom. The molecule has 244 valence electrons. The smallest absolute Gasteiger partial charge is 0.344 e. The van der Waals surface area contributed by atoms with Crippen LogP contribution in [0.5, 0.6) is 17.2 Å². The third-order valence-electron chi connectivity index (χ3n) is 7.07. The molecule has 12 heteroatoms. The van der Waals surface area contributed by atoms with Crippen molar-refractivity contribution in [2.24, 2.45) is 4.99 Å². The molecule has 0 radical (unpaired) electrons. The van der Waals surface area contributed by atoms with Gasteiger partial charge in [0.15, 0.2) is 22.9 Å². The van der Waals surface area contributed by atoms with Crippen LogP contribution in [-0.2, 0) is 19.1 Å². The largest absolute Gasteiger partial charge is 0.494 e. The van der Waals surface area contributed by atoms with E-state index in [1.807, 2.05) is 67.6 Å². The van der Waals surface area contributed by atoms with E-state index in [0.29, 0.717) is 53.6 Å². The summed E-state index contributed by atoms with van der Waals surface area (Å²) >= 11 is 3.31. The maximum atomic E-state index is 14.3. The van der Waals surface area contributed by atoms with Crippen LogP contribution in [0.1, 0.15) is 43.5 Å². The van der Waals surface area contributed by atoms with Crippen LogP contribution in [0.15, 0.2) is 82.1 Å². The van der Waals surface area contributed by atoms with E-state index in [-0.39, 0.29) is 31.0 Å². The molecule has 0 aliphatic carbocycles. The Bertz CT molecular complexity index is 1980. The van der Waals surface area contributed by atoms with Gasteiger partial charge in [-0.25, -0.2) is 14.6 Å². The first-order valence-electron chi connectivity index (χ1n) is 15.0. The van der Waals surface area contributed by atoms with Crippen LogP contribution < -0.4 is 29.1 Å². The summed E-state index contributed by atoms with van der Waals surface area (Å²) in [6.45, 7) is 6.01. The van der Waals surface area contributed by atoms with Gasteiger partial charge in [0.1, 0.15) is 5.75 Å². The fraction of sp³-hybridized carbons (Fsp3) is 0.257. The molecule has 0 amide bonds. The minimum atomic E-state index is -0.813. The number of ether oxygens (including phenoxy) is 5. The zero-order valence-electron chi connectivity index (χ0n) is 26.3. The number of aromatic nitrogens is 1. The minimum absolute atomic E-state index is 0.158. The number of methoxy groups -OCH3 is 1. The van der Waals surface area contributed by atoms with Crippen LogP contribution in [0.2, 0.25) is 0 Å².